The molecule has 2 aromatic carbocycles. The number of halogens is 5. The fourth-order valence-electron chi connectivity index (χ4n) is 3.07. The smallest absolute Gasteiger partial charge is 0.437 e. The second kappa shape index (κ2) is 10.1. The minimum atomic E-state index is -5.05. The van der Waals surface area contributed by atoms with Crippen LogP contribution in [0.4, 0.5) is 17.6 Å². The van der Waals surface area contributed by atoms with Crippen molar-refractivity contribution in [3.8, 4) is 29.1 Å². The van der Waals surface area contributed by atoms with Gasteiger partial charge in [0.2, 0.25) is 5.75 Å². The molecule has 9 nitrogen and oxygen atoms in total. The number of aromatic nitrogens is 4. The van der Waals surface area contributed by atoms with E-state index in [2.05, 4.69) is 15.2 Å². The summed E-state index contributed by atoms with van der Waals surface area (Å²) in [5.41, 5.74) is -3.56. The number of hydrogen-bond acceptors (Lipinski definition) is 7. The predicted molar refractivity (Wildman–Crippen MR) is 120 cm³/mol. The van der Waals surface area contributed by atoms with Crippen LogP contribution in [0.5, 0.6) is 23.0 Å². The topological polar surface area (TPSA) is 123 Å². The molecule has 0 unspecified atom stereocenters. The molecule has 0 atom stereocenters. The van der Waals surface area contributed by atoms with Gasteiger partial charge in [0.05, 0.1) is 30.2 Å². The summed E-state index contributed by atoms with van der Waals surface area (Å²) in [6.45, 7) is -0.435. The van der Waals surface area contributed by atoms with Crippen molar-refractivity contribution in [2.24, 2.45) is 0 Å². The molecule has 0 fully saturated rings. The molecule has 0 aliphatic carbocycles. The molecule has 1 N–H and O–H groups in total. The van der Waals surface area contributed by atoms with Crippen LogP contribution in [0.15, 0.2) is 64.4 Å². The molecule has 4 aromatic rings. The van der Waals surface area contributed by atoms with Gasteiger partial charge in [-0.1, -0.05) is 11.6 Å². The van der Waals surface area contributed by atoms with E-state index >= 15 is 0 Å². The van der Waals surface area contributed by atoms with E-state index in [1.165, 1.54) is 18.2 Å². The van der Waals surface area contributed by atoms with Crippen molar-refractivity contribution in [2.45, 2.75) is 12.7 Å². The molecule has 2 heterocycles. The highest BCUT2D eigenvalue weighted by Crippen LogP contribution is 2.35. The molecule has 2 aromatic heterocycles. The third-order valence-corrected chi connectivity index (χ3v) is 4.90. The molecule has 0 amide bonds. The van der Waals surface area contributed by atoms with E-state index in [1.807, 2.05) is 0 Å². The Morgan fingerprint density at radius 1 is 1.05 bits per heavy atom. The van der Waals surface area contributed by atoms with E-state index in [4.69, 9.17) is 26.3 Å². The number of nitrogens with one attached hydrogen (secondary N) is 1. The standard InChI is InChI=1S/C23H12ClF4N5O4/c24-13-5-12(9-29)6-17(7-13)37-19-20(23(26,27)28)30-11-33(22(19)35)10-15-8-18(21(34)32-31-15)36-16-3-1-14(25)2-4-16/h1-8,11H,10H2,(H,32,34). The zero-order chi connectivity index (χ0) is 26.7. The molecule has 14 heteroatoms. The van der Waals surface area contributed by atoms with Gasteiger partial charge in [0.1, 0.15) is 17.3 Å². The fourth-order valence-corrected chi connectivity index (χ4v) is 3.29. The Morgan fingerprint density at radius 3 is 2.46 bits per heavy atom. The minimum Gasteiger partial charge on any atom is -0.451 e. The van der Waals surface area contributed by atoms with Crippen LogP contribution in [0.2, 0.25) is 5.02 Å². The summed E-state index contributed by atoms with van der Waals surface area (Å²) < 4.78 is 65.2. The van der Waals surface area contributed by atoms with Crippen molar-refractivity contribution >= 4 is 11.6 Å². The maximum absolute atomic E-state index is 13.6. The lowest BCUT2D eigenvalue weighted by Gasteiger charge is -2.15. The quantitative estimate of drug-likeness (QED) is 0.358. The van der Waals surface area contributed by atoms with Gasteiger partial charge in [0, 0.05) is 11.1 Å². The zero-order valence-electron chi connectivity index (χ0n) is 18.2. The lowest BCUT2D eigenvalue weighted by atomic mass is 10.2. The largest absolute Gasteiger partial charge is 0.451 e. The van der Waals surface area contributed by atoms with E-state index in [1.54, 1.807) is 6.07 Å². The number of hydrogen-bond donors (Lipinski definition) is 1. The third kappa shape index (κ3) is 5.93. The molecule has 0 aliphatic heterocycles. The van der Waals surface area contributed by atoms with Gasteiger partial charge in [-0.15, -0.1) is 0 Å². The van der Waals surface area contributed by atoms with E-state index in [-0.39, 0.29) is 33.5 Å². The van der Waals surface area contributed by atoms with Gasteiger partial charge in [-0.25, -0.2) is 14.5 Å². The molecule has 37 heavy (non-hydrogen) atoms. The van der Waals surface area contributed by atoms with Crippen molar-refractivity contribution in [3.63, 3.8) is 0 Å². The molecular formula is C23H12ClF4N5O4. The van der Waals surface area contributed by atoms with Gasteiger partial charge < -0.3 is 9.47 Å². The number of benzene rings is 2. The first-order chi connectivity index (χ1) is 17.5. The average Bonchev–Trinajstić information content (AvgIpc) is 2.84. The molecule has 0 saturated heterocycles. The Bertz CT molecular complexity index is 1630. The van der Waals surface area contributed by atoms with E-state index in [0.29, 0.717) is 6.33 Å². The number of aromatic amines is 1. The van der Waals surface area contributed by atoms with Crippen LogP contribution in [0.25, 0.3) is 0 Å². The summed E-state index contributed by atoms with van der Waals surface area (Å²) in [4.78, 5) is 28.4. The Hall–Kier alpha value is -4.70. The van der Waals surface area contributed by atoms with E-state index < -0.39 is 41.1 Å². The highest BCUT2D eigenvalue weighted by molar-refractivity contribution is 6.30. The van der Waals surface area contributed by atoms with Gasteiger partial charge in [-0.3, -0.25) is 14.2 Å². The molecule has 0 saturated carbocycles. The summed E-state index contributed by atoms with van der Waals surface area (Å²) in [7, 11) is 0. The van der Waals surface area contributed by atoms with Crippen LogP contribution in [-0.2, 0) is 12.7 Å². The highest BCUT2D eigenvalue weighted by atomic mass is 35.5. The first-order valence-electron chi connectivity index (χ1n) is 10.1. The van der Waals surface area contributed by atoms with Gasteiger partial charge in [-0.05, 0) is 42.5 Å². The Morgan fingerprint density at radius 2 is 1.78 bits per heavy atom. The summed E-state index contributed by atoms with van der Waals surface area (Å²) in [5.74, 6) is -2.10. The SMILES string of the molecule is N#Cc1cc(Cl)cc(Oc2c(C(F)(F)F)ncn(Cc3cc(Oc4ccc(F)cc4)c(=O)[nH]n3)c2=O)c1. The zero-order valence-corrected chi connectivity index (χ0v) is 19.0. The lowest BCUT2D eigenvalue weighted by Crippen LogP contribution is -2.27. The molecule has 0 spiro atoms. The molecule has 0 aliphatic rings. The van der Waals surface area contributed by atoms with Gasteiger partial charge >= 0.3 is 11.7 Å². The van der Waals surface area contributed by atoms with Crippen molar-refractivity contribution < 1.29 is 27.0 Å². The van der Waals surface area contributed by atoms with Crippen LogP contribution < -0.4 is 20.6 Å². The monoisotopic (exact) mass is 533 g/mol. The van der Waals surface area contributed by atoms with E-state index in [9.17, 15) is 27.2 Å². The Kier molecular flexibility index (Phi) is 6.94. The second-order valence-corrected chi connectivity index (χ2v) is 7.79. The van der Waals surface area contributed by atoms with Crippen LogP contribution in [0.3, 0.4) is 0 Å². The van der Waals surface area contributed by atoms with Gasteiger partial charge in [0.25, 0.3) is 5.56 Å². The number of ether oxygens (including phenoxy) is 2. The number of rotatable bonds is 6. The van der Waals surface area contributed by atoms with Crippen LogP contribution in [0, 0.1) is 17.1 Å². The van der Waals surface area contributed by atoms with Gasteiger partial charge in [-0.2, -0.15) is 23.5 Å². The number of alkyl halides is 3. The second-order valence-electron chi connectivity index (χ2n) is 7.35. The summed E-state index contributed by atoms with van der Waals surface area (Å²) in [5, 5.41) is 15.0. The molecule has 4 rings (SSSR count). The molecule has 0 radical (unpaired) electrons. The van der Waals surface area contributed by atoms with Crippen LogP contribution >= 0.6 is 11.6 Å². The molecular weight excluding hydrogens is 522 g/mol. The first-order valence-corrected chi connectivity index (χ1v) is 10.5. The summed E-state index contributed by atoms with van der Waals surface area (Å²) in [6.07, 6.45) is -4.40. The maximum Gasteiger partial charge on any atom is 0.437 e. The lowest BCUT2D eigenvalue weighted by molar-refractivity contribution is -0.142. The number of H-pyrrole nitrogens is 1. The normalized spacial score (nSPS) is 11.1. The summed E-state index contributed by atoms with van der Waals surface area (Å²) in [6, 6.07) is 11.2. The highest BCUT2D eigenvalue weighted by Gasteiger charge is 2.38. The van der Waals surface area contributed by atoms with Crippen molar-refractivity contribution in [2.75, 3.05) is 0 Å². The Labute approximate surface area is 209 Å². The first kappa shape index (κ1) is 25.4. The predicted octanol–water partition coefficient (Wildman–Crippen LogP) is 4.64. The minimum absolute atomic E-state index is 0.00190. The number of nitrogens with zero attached hydrogens (tertiary/aromatic N) is 4. The van der Waals surface area contributed by atoms with E-state index in [0.717, 1.165) is 34.9 Å². The average molecular weight is 534 g/mol. The van der Waals surface area contributed by atoms with Crippen LogP contribution in [0.1, 0.15) is 17.0 Å². The molecule has 188 valence electrons. The number of nitriles is 1. The summed E-state index contributed by atoms with van der Waals surface area (Å²) >= 11 is 5.88. The molecule has 0 bridgehead atoms. The van der Waals surface area contributed by atoms with Crippen molar-refractivity contribution in [1.29, 1.82) is 5.26 Å². The van der Waals surface area contributed by atoms with Crippen molar-refractivity contribution in [1.82, 2.24) is 19.7 Å². The maximum atomic E-state index is 13.6. The van der Waals surface area contributed by atoms with Crippen molar-refractivity contribution in [3.05, 3.63) is 103 Å². The fraction of sp³-hybridized carbons (Fsp3) is 0.0870. The van der Waals surface area contributed by atoms with Gasteiger partial charge in [0.15, 0.2) is 11.4 Å². The van der Waals surface area contributed by atoms with Crippen LogP contribution in [-0.4, -0.2) is 19.7 Å². The third-order valence-electron chi connectivity index (χ3n) is 4.68. The Balaban J connectivity index is 1.70.